The van der Waals surface area contributed by atoms with E-state index in [0.717, 1.165) is 43.1 Å². The van der Waals surface area contributed by atoms with E-state index in [1.54, 1.807) is 0 Å². The number of aromatic nitrogens is 2. The van der Waals surface area contributed by atoms with Gasteiger partial charge in [0, 0.05) is 18.7 Å². The van der Waals surface area contributed by atoms with Crippen molar-refractivity contribution in [1.82, 2.24) is 9.55 Å². The monoisotopic (exact) mass is 410 g/mol. The third-order valence-corrected chi connectivity index (χ3v) is 6.17. The Hall–Kier alpha value is -2.00. The maximum Gasteiger partial charge on any atom is 0.338 e. The largest absolute Gasteiger partial charge is 0.457 e. The third-order valence-electron chi connectivity index (χ3n) is 6.17. The number of alkyl halides is 1. The molecule has 29 heavy (non-hydrogen) atoms. The summed E-state index contributed by atoms with van der Waals surface area (Å²) in [5.74, 6) is -2.70. The fraction of sp³-hybridized carbons (Fsp3) is 0.750. The molecule has 0 amide bonds. The first-order valence-corrected chi connectivity index (χ1v) is 10.4. The zero-order valence-electron chi connectivity index (χ0n) is 16.4. The molecule has 2 saturated carbocycles. The molecule has 2 atom stereocenters. The zero-order chi connectivity index (χ0) is 20.5. The van der Waals surface area contributed by atoms with Crippen molar-refractivity contribution in [3.8, 4) is 0 Å². The topological polar surface area (TPSA) is 99.6 Å². The highest BCUT2D eigenvalue weighted by Gasteiger charge is 2.48. The lowest BCUT2D eigenvalue weighted by Gasteiger charge is -2.31. The highest BCUT2D eigenvalue weighted by atomic mass is 19.2. The Balaban J connectivity index is 1.38. The molecule has 9 heteroatoms. The Labute approximate surface area is 167 Å². The van der Waals surface area contributed by atoms with Crippen LogP contribution in [-0.4, -0.2) is 39.7 Å². The van der Waals surface area contributed by atoms with Gasteiger partial charge in [0.15, 0.2) is 12.2 Å². The van der Waals surface area contributed by atoms with Crippen molar-refractivity contribution >= 4 is 5.97 Å². The molecule has 0 unspecified atom stereocenters. The minimum Gasteiger partial charge on any atom is -0.457 e. The molecular formula is C20H27FN2O6. The average molecular weight is 410 g/mol. The molecule has 3 fully saturated rings. The molecule has 3 aliphatic rings. The van der Waals surface area contributed by atoms with Crippen molar-refractivity contribution < 1.29 is 23.4 Å². The van der Waals surface area contributed by atoms with Crippen molar-refractivity contribution in [1.29, 1.82) is 0 Å². The van der Waals surface area contributed by atoms with Gasteiger partial charge in [0.05, 0.1) is 6.10 Å². The van der Waals surface area contributed by atoms with E-state index in [2.05, 4.69) is 4.98 Å². The number of carbonyl (C=O) groups is 1. The second-order valence-corrected chi connectivity index (χ2v) is 8.31. The van der Waals surface area contributed by atoms with Crippen LogP contribution in [0.4, 0.5) is 4.39 Å². The van der Waals surface area contributed by atoms with E-state index in [9.17, 15) is 14.4 Å². The number of nitrogens with one attached hydrogen (secondary N) is 1. The van der Waals surface area contributed by atoms with Crippen molar-refractivity contribution in [2.24, 2.45) is 0 Å². The van der Waals surface area contributed by atoms with Gasteiger partial charge in [0.1, 0.15) is 6.23 Å². The summed E-state index contributed by atoms with van der Waals surface area (Å²) in [7, 11) is 0. The third kappa shape index (κ3) is 4.30. The Bertz CT molecular complexity index is 855. The Kier molecular flexibility index (Phi) is 5.61. The van der Waals surface area contributed by atoms with Crippen LogP contribution < -0.4 is 11.2 Å². The van der Waals surface area contributed by atoms with Gasteiger partial charge in [0.25, 0.3) is 5.56 Å². The fourth-order valence-electron chi connectivity index (χ4n) is 4.60. The molecule has 160 valence electrons. The Morgan fingerprint density at radius 3 is 2.59 bits per heavy atom. The lowest BCUT2D eigenvalue weighted by atomic mass is 10.0. The maximum absolute atomic E-state index is 15.1. The number of carbonyl (C=O) groups excluding carboxylic acids is 1. The molecular weight excluding hydrogens is 383 g/mol. The number of ether oxygens (including phenoxy) is 3. The van der Waals surface area contributed by atoms with E-state index in [1.165, 1.54) is 12.3 Å². The summed E-state index contributed by atoms with van der Waals surface area (Å²) in [6, 6.07) is 1.17. The minimum absolute atomic E-state index is 0.0208. The van der Waals surface area contributed by atoms with Crippen LogP contribution in [0.5, 0.6) is 0 Å². The first-order valence-electron chi connectivity index (χ1n) is 10.4. The number of halogens is 1. The lowest BCUT2D eigenvalue weighted by Crippen LogP contribution is -2.45. The number of H-pyrrole nitrogens is 1. The van der Waals surface area contributed by atoms with Gasteiger partial charge in [-0.1, -0.05) is 12.8 Å². The number of rotatable bonds is 6. The summed E-state index contributed by atoms with van der Waals surface area (Å²) >= 11 is 0. The van der Waals surface area contributed by atoms with Gasteiger partial charge in [-0.05, 0) is 44.9 Å². The van der Waals surface area contributed by atoms with Crippen LogP contribution in [0.2, 0.25) is 0 Å². The van der Waals surface area contributed by atoms with Gasteiger partial charge in [-0.3, -0.25) is 14.3 Å². The normalized spacial score (nSPS) is 29.3. The minimum atomic E-state index is -2.18. The summed E-state index contributed by atoms with van der Waals surface area (Å²) in [5, 5.41) is 0. The number of hydrogen-bond acceptors (Lipinski definition) is 6. The van der Waals surface area contributed by atoms with Gasteiger partial charge in [0.2, 0.25) is 5.85 Å². The van der Waals surface area contributed by atoms with Crippen LogP contribution in [0.15, 0.2) is 21.9 Å². The fourth-order valence-corrected chi connectivity index (χ4v) is 4.60. The van der Waals surface area contributed by atoms with Gasteiger partial charge in [-0.15, -0.1) is 0 Å². The van der Waals surface area contributed by atoms with Gasteiger partial charge in [-0.2, -0.15) is 0 Å². The standard InChI is InChI=1S/C20H27FN2O6/c21-20(11-7-16(29-20)23-12-8-15(24)22-18(23)26)13-27-17(25)19(9-3-4-10-19)28-14-5-1-2-6-14/h8,12,14,16H,1-7,9-11,13H2,(H,22,24,26)/t16-,20+/m1/s1. The first kappa shape index (κ1) is 20.3. The summed E-state index contributed by atoms with van der Waals surface area (Å²) in [6.07, 6.45) is 7.73. The van der Waals surface area contributed by atoms with Crippen molar-refractivity contribution in [3.63, 3.8) is 0 Å². The molecule has 1 N–H and O–H groups in total. The second kappa shape index (κ2) is 8.02. The Morgan fingerprint density at radius 1 is 1.17 bits per heavy atom. The quantitative estimate of drug-likeness (QED) is 0.723. The molecule has 0 spiro atoms. The predicted molar refractivity (Wildman–Crippen MR) is 100 cm³/mol. The van der Waals surface area contributed by atoms with Crippen molar-refractivity contribution in [2.75, 3.05) is 6.61 Å². The molecule has 0 radical (unpaired) electrons. The van der Waals surface area contributed by atoms with Crippen LogP contribution in [0, 0.1) is 0 Å². The van der Waals surface area contributed by atoms with Crippen molar-refractivity contribution in [3.05, 3.63) is 33.1 Å². The first-order chi connectivity index (χ1) is 13.9. The van der Waals surface area contributed by atoms with Gasteiger partial charge < -0.3 is 14.2 Å². The van der Waals surface area contributed by atoms with E-state index >= 15 is 4.39 Å². The SMILES string of the molecule is O=C(OC[C@]1(F)CC[C@H](n2ccc(=O)[nH]c2=O)O1)C1(OC2CCCC2)CCCC1. The molecule has 8 nitrogen and oxygen atoms in total. The lowest BCUT2D eigenvalue weighted by molar-refractivity contribution is -0.209. The van der Waals surface area contributed by atoms with Crippen LogP contribution in [-0.2, 0) is 19.0 Å². The summed E-state index contributed by atoms with van der Waals surface area (Å²) in [6.45, 7) is -0.545. The zero-order valence-corrected chi connectivity index (χ0v) is 16.4. The van der Waals surface area contributed by atoms with Crippen LogP contribution in [0.25, 0.3) is 0 Å². The Morgan fingerprint density at radius 2 is 1.90 bits per heavy atom. The highest BCUT2D eigenvalue weighted by molar-refractivity contribution is 5.80. The second-order valence-electron chi connectivity index (χ2n) is 8.31. The van der Waals surface area contributed by atoms with E-state index in [-0.39, 0.29) is 18.9 Å². The predicted octanol–water partition coefficient (Wildman–Crippen LogP) is 2.33. The molecule has 0 bridgehead atoms. The molecule has 1 aromatic rings. The molecule has 0 aromatic carbocycles. The number of hydrogen-bond donors (Lipinski definition) is 1. The maximum atomic E-state index is 15.1. The van der Waals surface area contributed by atoms with E-state index in [4.69, 9.17) is 14.2 Å². The van der Waals surface area contributed by atoms with E-state index in [1.807, 2.05) is 0 Å². The molecule has 2 heterocycles. The van der Waals surface area contributed by atoms with Crippen LogP contribution in [0.3, 0.4) is 0 Å². The average Bonchev–Trinajstić information content (AvgIpc) is 3.43. The smallest absolute Gasteiger partial charge is 0.338 e. The summed E-state index contributed by atoms with van der Waals surface area (Å²) < 4.78 is 33.2. The van der Waals surface area contributed by atoms with Crippen LogP contribution in [0.1, 0.15) is 70.4 Å². The highest BCUT2D eigenvalue weighted by Crippen LogP contribution is 2.40. The van der Waals surface area contributed by atoms with Crippen molar-refractivity contribution in [2.45, 2.75) is 88.0 Å². The number of nitrogens with zero attached hydrogens (tertiary/aromatic N) is 1. The molecule has 4 rings (SSSR count). The molecule has 1 aliphatic heterocycles. The van der Waals surface area contributed by atoms with E-state index in [0.29, 0.717) is 12.8 Å². The molecule has 2 aliphatic carbocycles. The number of esters is 1. The molecule has 1 aromatic heterocycles. The van der Waals surface area contributed by atoms with Crippen LogP contribution >= 0.6 is 0 Å². The van der Waals surface area contributed by atoms with Gasteiger partial charge in [-0.25, -0.2) is 14.0 Å². The van der Waals surface area contributed by atoms with Gasteiger partial charge >= 0.3 is 11.7 Å². The van der Waals surface area contributed by atoms with E-state index < -0.39 is 41.5 Å². The number of aromatic amines is 1. The summed E-state index contributed by atoms with van der Waals surface area (Å²) in [4.78, 5) is 38.0. The molecule has 1 saturated heterocycles. The summed E-state index contributed by atoms with van der Waals surface area (Å²) in [5.41, 5.74) is -2.17.